The molecule has 1 amide bonds. The highest BCUT2D eigenvalue weighted by Crippen LogP contribution is 2.21. The molecule has 0 fully saturated rings. The highest BCUT2D eigenvalue weighted by Gasteiger charge is 2.21. The lowest BCUT2D eigenvalue weighted by atomic mass is 10.3. The zero-order valence-corrected chi connectivity index (χ0v) is 17.4. The minimum Gasteiger partial charge on any atom is -0.493 e. The number of benzene rings is 1. The van der Waals surface area contributed by atoms with Gasteiger partial charge in [0.15, 0.2) is 12.4 Å². The van der Waals surface area contributed by atoms with Crippen LogP contribution in [0.5, 0.6) is 5.75 Å². The molecule has 3 aromatic rings. The number of methoxy groups -OCH3 is 1. The molecule has 0 atom stereocenters. The minimum absolute atomic E-state index is 0.00340. The number of thiophene rings is 1. The molecule has 1 aromatic carbocycles. The zero-order valence-electron chi connectivity index (χ0n) is 16.6. The van der Waals surface area contributed by atoms with Gasteiger partial charge in [0, 0.05) is 18.3 Å². The summed E-state index contributed by atoms with van der Waals surface area (Å²) in [6, 6.07) is 12.8. The van der Waals surface area contributed by atoms with Crippen LogP contribution in [0.2, 0.25) is 0 Å². The van der Waals surface area contributed by atoms with Gasteiger partial charge in [-0.3, -0.25) is 9.59 Å². The molecule has 2 heterocycles. The molecule has 0 bridgehead atoms. The van der Waals surface area contributed by atoms with Crippen LogP contribution in [-0.4, -0.2) is 47.7 Å². The Morgan fingerprint density at radius 3 is 2.60 bits per heavy atom. The van der Waals surface area contributed by atoms with Crippen LogP contribution in [-0.2, 0) is 16.0 Å². The standard InChI is InChI=1S/C21H21N3O5S/c1-14(25)22-11-10-16-8-9-19(30-16)17(26)13-29-21(27)20-18(28-2)12-24(23-20)15-6-4-3-5-7-15/h3-9,12H,10-11,13H2,1-2H3,(H,22,25). The molecule has 0 aliphatic carbocycles. The summed E-state index contributed by atoms with van der Waals surface area (Å²) >= 11 is 1.31. The van der Waals surface area contributed by atoms with Crippen molar-refractivity contribution in [2.45, 2.75) is 13.3 Å². The van der Waals surface area contributed by atoms with Crippen LogP contribution < -0.4 is 10.1 Å². The number of nitrogens with one attached hydrogen (secondary N) is 1. The van der Waals surface area contributed by atoms with Gasteiger partial charge >= 0.3 is 5.97 Å². The van der Waals surface area contributed by atoms with Crippen molar-refractivity contribution in [1.29, 1.82) is 0 Å². The van der Waals surface area contributed by atoms with Crippen molar-refractivity contribution in [3.63, 3.8) is 0 Å². The summed E-state index contributed by atoms with van der Waals surface area (Å²) in [6.07, 6.45) is 2.21. The maximum atomic E-state index is 12.4. The summed E-state index contributed by atoms with van der Waals surface area (Å²) in [5.41, 5.74) is 0.757. The van der Waals surface area contributed by atoms with E-state index in [9.17, 15) is 14.4 Å². The summed E-state index contributed by atoms with van der Waals surface area (Å²) in [6.45, 7) is 1.56. The van der Waals surface area contributed by atoms with Crippen molar-refractivity contribution in [3.05, 3.63) is 64.1 Å². The fraction of sp³-hybridized carbons (Fsp3) is 0.238. The number of esters is 1. The second-order valence-electron chi connectivity index (χ2n) is 6.32. The third kappa shape index (κ3) is 5.32. The average Bonchev–Trinajstić information content (AvgIpc) is 3.39. The SMILES string of the molecule is COc1cn(-c2ccccc2)nc1C(=O)OCC(=O)c1ccc(CCNC(C)=O)s1. The topological polar surface area (TPSA) is 99.5 Å². The number of hydrogen-bond donors (Lipinski definition) is 1. The van der Waals surface area contributed by atoms with Crippen LogP contribution in [0.1, 0.15) is 32.0 Å². The molecule has 0 aliphatic heterocycles. The summed E-state index contributed by atoms with van der Waals surface area (Å²) < 4.78 is 11.9. The lowest BCUT2D eigenvalue weighted by Gasteiger charge is -2.03. The molecule has 0 aliphatic rings. The van der Waals surface area contributed by atoms with Gasteiger partial charge in [-0.15, -0.1) is 11.3 Å². The number of carbonyl (C=O) groups is 3. The predicted molar refractivity (Wildman–Crippen MR) is 111 cm³/mol. The first-order valence-corrected chi connectivity index (χ1v) is 10.0. The van der Waals surface area contributed by atoms with E-state index >= 15 is 0 Å². The lowest BCUT2D eigenvalue weighted by molar-refractivity contribution is -0.118. The van der Waals surface area contributed by atoms with Crippen molar-refractivity contribution >= 4 is 29.0 Å². The quantitative estimate of drug-likeness (QED) is 0.416. The van der Waals surface area contributed by atoms with Crippen LogP contribution >= 0.6 is 11.3 Å². The number of ether oxygens (including phenoxy) is 2. The number of amides is 1. The molecule has 0 unspecified atom stereocenters. The molecule has 9 heteroatoms. The van der Waals surface area contributed by atoms with E-state index < -0.39 is 12.6 Å². The Morgan fingerprint density at radius 2 is 1.90 bits per heavy atom. The van der Waals surface area contributed by atoms with Crippen molar-refractivity contribution in [2.75, 3.05) is 20.3 Å². The number of para-hydroxylation sites is 1. The number of carbonyl (C=O) groups excluding carboxylic acids is 3. The Hall–Kier alpha value is -3.46. The summed E-state index contributed by atoms with van der Waals surface area (Å²) in [4.78, 5) is 37.2. The molecule has 30 heavy (non-hydrogen) atoms. The van der Waals surface area contributed by atoms with Gasteiger partial charge in [-0.1, -0.05) is 18.2 Å². The Balaban J connectivity index is 1.60. The van der Waals surface area contributed by atoms with Crippen molar-refractivity contribution in [1.82, 2.24) is 15.1 Å². The summed E-state index contributed by atoms with van der Waals surface area (Å²) in [7, 11) is 1.43. The molecule has 0 saturated carbocycles. The predicted octanol–water partition coefficient (Wildman–Crippen LogP) is 2.66. The van der Waals surface area contributed by atoms with Gasteiger partial charge in [0.25, 0.3) is 0 Å². The molecule has 3 rings (SSSR count). The van der Waals surface area contributed by atoms with Crippen LogP contribution in [0.15, 0.2) is 48.7 Å². The number of Topliss-reactive ketones (excluding diaryl/α,β-unsaturated/α-hetero) is 1. The summed E-state index contributed by atoms with van der Waals surface area (Å²) in [5, 5.41) is 6.94. The van der Waals surface area contributed by atoms with Gasteiger partial charge in [0.05, 0.1) is 23.9 Å². The molecule has 0 spiro atoms. The average molecular weight is 427 g/mol. The number of aromatic nitrogens is 2. The third-order valence-electron chi connectivity index (χ3n) is 4.13. The van der Waals surface area contributed by atoms with Gasteiger partial charge in [0.2, 0.25) is 17.4 Å². The first kappa shape index (κ1) is 21.3. The fourth-order valence-electron chi connectivity index (χ4n) is 2.66. The molecule has 156 valence electrons. The second-order valence-corrected chi connectivity index (χ2v) is 7.49. The van der Waals surface area contributed by atoms with Gasteiger partial charge in [-0.2, -0.15) is 5.10 Å². The van der Waals surface area contributed by atoms with E-state index in [1.54, 1.807) is 12.3 Å². The second kappa shape index (κ2) is 9.84. The lowest BCUT2D eigenvalue weighted by Crippen LogP contribution is -2.22. The van der Waals surface area contributed by atoms with E-state index in [-0.39, 0.29) is 23.1 Å². The van der Waals surface area contributed by atoms with Crippen LogP contribution in [0, 0.1) is 0 Å². The number of hydrogen-bond acceptors (Lipinski definition) is 7. The number of nitrogens with zero attached hydrogens (tertiary/aromatic N) is 2. The molecular formula is C21H21N3O5S. The maximum Gasteiger partial charge on any atom is 0.363 e. The van der Waals surface area contributed by atoms with Crippen molar-refractivity contribution < 1.29 is 23.9 Å². The van der Waals surface area contributed by atoms with E-state index in [2.05, 4.69) is 10.4 Å². The van der Waals surface area contributed by atoms with E-state index in [1.165, 1.54) is 30.1 Å². The third-order valence-corrected chi connectivity index (χ3v) is 5.32. The first-order chi connectivity index (χ1) is 14.5. The molecule has 1 N–H and O–H groups in total. The Kier molecular flexibility index (Phi) is 6.97. The minimum atomic E-state index is -0.739. The van der Waals surface area contributed by atoms with Crippen LogP contribution in [0.25, 0.3) is 5.69 Å². The Bertz CT molecular complexity index is 1040. The first-order valence-electron chi connectivity index (χ1n) is 9.20. The van der Waals surface area contributed by atoms with Crippen LogP contribution in [0.4, 0.5) is 0 Å². The van der Waals surface area contributed by atoms with Gasteiger partial charge in [-0.05, 0) is 30.7 Å². The Labute approximate surface area is 177 Å². The zero-order chi connectivity index (χ0) is 21.5. The number of ketones is 1. The number of rotatable bonds is 9. The largest absolute Gasteiger partial charge is 0.493 e. The summed E-state index contributed by atoms with van der Waals surface area (Å²) in [5.74, 6) is -0.884. The molecule has 0 radical (unpaired) electrons. The molecular weight excluding hydrogens is 406 g/mol. The van der Waals surface area contributed by atoms with Gasteiger partial charge in [-0.25, -0.2) is 9.48 Å². The van der Waals surface area contributed by atoms with E-state index in [1.807, 2.05) is 36.4 Å². The normalized spacial score (nSPS) is 10.5. The monoisotopic (exact) mass is 427 g/mol. The maximum absolute atomic E-state index is 12.4. The highest BCUT2D eigenvalue weighted by molar-refractivity contribution is 7.14. The molecule has 2 aromatic heterocycles. The smallest absolute Gasteiger partial charge is 0.363 e. The Morgan fingerprint density at radius 1 is 1.13 bits per heavy atom. The van der Waals surface area contributed by atoms with E-state index in [0.29, 0.717) is 17.8 Å². The van der Waals surface area contributed by atoms with Crippen molar-refractivity contribution in [3.8, 4) is 11.4 Å². The van der Waals surface area contributed by atoms with Crippen molar-refractivity contribution in [2.24, 2.45) is 0 Å². The van der Waals surface area contributed by atoms with Gasteiger partial charge in [0.1, 0.15) is 0 Å². The highest BCUT2D eigenvalue weighted by atomic mass is 32.1. The van der Waals surface area contributed by atoms with Crippen LogP contribution in [0.3, 0.4) is 0 Å². The fourth-order valence-corrected chi connectivity index (χ4v) is 3.59. The molecule has 8 nitrogen and oxygen atoms in total. The molecule has 0 saturated heterocycles. The van der Waals surface area contributed by atoms with E-state index in [0.717, 1.165) is 10.6 Å². The van der Waals surface area contributed by atoms with Gasteiger partial charge < -0.3 is 14.8 Å². The van der Waals surface area contributed by atoms with E-state index in [4.69, 9.17) is 9.47 Å².